The smallest absolute Gasteiger partial charge is 0.334 e. The zero-order valence-electron chi connectivity index (χ0n) is 11.1. The van der Waals surface area contributed by atoms with E-state index in [0.717, 1.165) is 11.3 Å². The quantitative estimate of drug-likeness (QED) is 0.773. The highest BCUT2D eigenvalue weighted by Crippen LogP contribution is 2.21. The van der Waals surface area contributed by atoms with Gasteiger partial charge in [-0.3, -0.25) is 4.79 Å². The fraction of sp³-hybridized carbons (Fsp3) is 0.455. The molecule has 10 heteroatoms. The summed E-state index contributed by atoms with van der Waals surface area (Å²) in [6.45, 7) is 0.352. The Kier molecular flexibility index (Phi) is 4.61. The zero-order valence-corrected chi connectivity index (χ0v) is 12.7. The molecule has 116 valence electrons. The van der Waals surface area contributed by atoms with Crippen LogP contribution in [-0.4, -0.2) is 63.1 Å². The van der Waals surface area contributed by atoms with Crippen LogP contribution in [0.4, 0.5) is 0 Å². The molecule has 2 heterocycles. The molecule has 2 N–H and O–H groups in total. The maximum atomic E-state index is 12.3. The van der Waals surface area contributed by atoms with Crippen molar-refractivity contribution >= 4 is 33.2 Å². The summed E-state index contributed by atoms with van der Waals surface area (Å²) in [7, 11) is -2.31. The minimum absolute atomic E-state index is 0.0152. The van der Waals surface area contributed by atoms with E-state index in [0.29, 0.717) is 0 Å². The van der Waals surface area contributed by atoms with Gasteiger partial charge >= 0.3 is 5.97 Å². The monoisotopic (exact) mass is 334 g/mol. The topological polar surface area (TPSA) is 113 Å². The third-order valence-corrected chi connectivity index (χ3v) is 5.46. The van der Waals surface area contributed by atoms with Crippen molar-refractivity contribution in [3.05, 3.63) is 16.3 Å². The lowest BCUT2D eigenvalue weighted by atomic mass is 10.2. The molecule has 1 saturated heterocycles. The lowest BCUT2D eigenvalue weighted by Gasteiger charge is -2.30. The number of hydrogen-bond donors (Lipinski definition) is 2. The van der Waals surface area contributed by atoms with Gasteiger partial charge in [-0.1, -0.05) is 0 Å². The maximum Gasteiger partial charge on any atom is 0.334 e. The largest absolute Gasteiger partial charge is 0.479 e. The van der Waals surface area contributed by atoms with Crippen molar-refractivity contribution in [1.29, 1.82) is 0 Å². The molecule has 0 aromatic carbocycles. The number of hydrogen-bond acceptors (Lipinski definition) is 6. The molecule has 1 fully saturated rings. The van der Waals surface area contributed by atoms with E-state index in [1.807, 2.05) is 0 Å². The van der Waals surface area contributed by atoms with Gasteiger partial charge < -0.3 is 14.7 Å². The first kappa shape index (κ1) is 15.9. The number of carboxylic acids is 1. The highest BCUT2D eigenvalue weighted by atomic mass is 32.2. The van der Waals surface area contributed by atoms with Crippen LogP contribution in [0.25, 0.3) is 0 Å². The van der Waals surface area contributed by atoms with Gasteiger partial charge in [0.25, 0.3) is 5.91 Å². The Hall–Kier alpha value is -1.49. The molecular weight excluding hydrogens is 320 g/mol. The summed E-state index contributed by atoms with van der Waals surface area (Å²) in [4.78, 5) is 24.8. The molecule has 1 aliphatic heterocycles. The van der Waals surface area contributed by atoms with Crippen LogP contribution in [0.3, 0.4) is 0 Å². The van der Waals surface area contributed by atoms with E-state index in [-0.39, 0.29) is 29.5 Å². The summed E-state index contributed by atoms with van der Waals surface area (Å²) in [6.07, 6.45) is -1.05. The van der Waals surface area contributed by atoms with E-state index in [1.54, 1.807) is 0 Å². The fourth-order valence-electron chi connectivity index (χ4n) is 1.83. The Bertz CT molecular complexity index is 653. The first-order valence-electron chi connectivity index (χ1n) is 6.01. The van der Waals surface area contributed by atoms with Crippen LogP contribution in [0.1, 0.15) is 9.67 Å². The molecule has 1 atom stereocenters. The predicted molar refractivity (Wildman–Crippen MR) is 73.8 cm³/mol. The average molecular weight is 334 g/mol. The van der Waals surface area contributed by atoms with Crippen molar-refractivity contribution in [2.24, 2.45) is 0 Å². The summed E-state index contributed by atoms with van der Waals surface area (Å²) in [6, 6.07) is 1.28. The number of thiophene rings is 1. The summed E-state index contributed by atoms with van der Waals surface area (Å²) in [5.41, 5.74) is 0. The van der Waals surface area contributed by atoms with Crippen LogP contribution >= 0.6 is 11.3 Å². The lowest BCUT2D eigenvalue weighted by molar-refractivity contribution is -0.154. The number of nitrogens with one attached hydrogen (secondary N) is 1. The van der Waals surface area contributed by atoms with Crippen LogP contribution in [-0.2, 0) is 19.6 Å². The van der Waals surface area contributed by atoms with E-state index in [9.17, 15) is 18.0 Å². The first-order valence-corrected chi connectivity index (χ1v) is 8.37. The number of rotatable bonds is 4. The number of ether oxygens (including phenoxy) is 1. The van der Waals surface area contributed by atoms with E-state index >= 15 is 0 Å². The fourth-order valence-corrected chi connectivity index (χ4v) is 3.80. The molecule has 8 nitrogen and oxygen atoms in total. The molecule has 0 unspecified atom stereocenters. The number of aliphatic carboxylic acids is 1. The molecule has 0 saturated carbocycles. The van der Waals surface area contributed by atoms with Gasteiger partial charge in [0.2, 0.25) is 10.0 Å². The molecule has 0 bridgehead atoms. The second-order valence-corrected chi connectivity index (χ2v) is 7.10. The molecular formula is C11H14N2O6S2. The van der Waals surface area contributed by atoms with Crippen LogP contribution in [0.15, 0.2) is 16.3 Å². The third-order valence-electron chi connectivity index (χ3n) is 2.99. The van der Waals surface area contributed by atoms with E-state index in [2.05, 4.69) is 4.72 Å². The molecule has 0 radical (unpaired) electrons. The van der Waals surface area contributed by atoms with Gasteiger partial charge in [-0.25, -0.2) is 17.9 Å². The molecule has 1 aromatic heterocycles. The predicted octanol–water partition coefficient (Wildman–Crippen LogP) is -0.418. The van der Waals surface area contributed by atoms with Gasteiger partial charge in [-0.05, 0) is 13.1 Å². The molecule has 0 spiro atoms. The van der Waals surface area contributed by atoms with Crippen LogP contribution in [0.5, 0.6) is 0 Å². The zero-order chi connectivity index (χ0) is 15.6. The Balaban J connectivity index is 2.15. The average Bonchev–Trinajstić information content (AvgIpc) is 2.97. The lowest BCUT2D eigenvalue weighted by Crippen LogP contribution is -2.48. The van der Waals surface area contributed by atoms with Gasteiger partial charge in [0, 0.05) is 11.9 Å². The molecule has 1 aliphatic rings. The summed E-state index contributed by atoms with van der Waals surface area (Å²) in [5.74, 6) is -1.52. The van der Waals surface area contributed by atoms with Crippen LogP contribution < -0.4 is 4.72 Å². The normalized spacial score (nSPS) is 19.5. The summed E-state index contributed by atoms with van der Waals surface area (Å²) in [5, 5.41) is 10.3. The Morgan fingerprint density at radius 1 is 1.52 bits per heavy atom. The Labute approximate surface area is 125 Å². The van der Waals surface area contributed by atoms with Crippen molar-refractivity contribution in [1.82, 2.24) is 9.62 Å². The van der Waals surface area contributed by atoms with Gasteiger partial charge in [0.05, 0.1) is 22.9 Å². The van der Waals surface area contributed by atoms with Crippen LogP contribution in [0, 0.1) is 0 Å². The van der Waals surface area contributed by atoms with Crippen molar-refractivity contribution in [2.45, 2.75) is 11.0 Å². The molecule has 1 aromatic rings. The van der Waals surface area contributed by atoms with Gasteiger partial charge in [0.15, 0.2) is 6.10 Å². The van der Waals surface area contributed by atoms with Crippen molar-refractivity contribution in [2.75, 3.05) is 26.7 Å². The van der Waals surface area contributed by atoms with Crippen LogP contribution in [0.2, 0.25) is 0 Å². The minimum Gasteiger partial charge on any atom is -0.479 e. The second-order valence-electron chi connectivity index (χ2n) is 4.30. The Morgan fingerprint density at radius 3 is 2.86 bits per heavy atom. The number of amides is 1. The molecule has 21 heavy (non-hydrogen) atoms. The van der Waals surface area contributed by atoms with Gasteiger partial charge in [0.1, 0.15) is 0 Å². The maximum absolute atomic E-state index is 12.3. The number of nitrogens with zero attached hydrogens (tertiary/aromatic N) is 1. The van der Waals surface area contributed by atoms with E-state index in [1.165, 1.54) is 23.4 Å². The molecule has 0 aliphatic carbocycles. The Morgan fingerprint density at radius 2 is 2.24 bits per heavy atom. The SMILES string of the molecule is CNS(=O)(=O)c1csc(C(=O)N2CCO[C@@H](C(=O)O)C2)c1. The van der Waals surface area contributed by atoms with E-state index < -0.39 is 28.0 Å². The number of morpholine rings is 1. The highest BCUT2D eigenvalue weighted by Gasteiger charge is 2.30. The van der Waals surface area contributed by atoms with Gasteiger partial charge in [-0.2, -0.15) is 0 Å². The van der Waals surface area contributed by atoms with Crippen molar-refractivity contribution < 1.29 is 27.9 Å². The van der Waals surface area contributed by atoms with Crippen molar-refractivity contribution in [3.8, 4) is 0 Å². The summed E-state index contributed by atoms with van der Waals surface area (Å²) < 4.78 is 30.5. The highest BCUT2D eigenvalue weighted by molar-refractivity contribution is 7.89. The number of carbonyl (C=O) groups excluding carboxylic acids is 1. The van der Waals surface area contributed by atoms with Crippen molar-refractivity contribution in [3.63, 3.8) is 0 Å². The molecule has 1 amide bonds. The minimum atomic E-state index is -3.59. The van der Waals surface area contributed by atoms with E-state index in [4.69, 9.17) is 9.84 Å². The molecule has 2 rings (SSSR count). The third kappa shape index (κ3) is 3.40. The van der Waals surface area contributed by atoms with Gasteiger partial charge in [-0.15, -0.1) is 11.3 Å². The second kappa shape index (κ2) is 6.10. The number of carboxylic acid groups (broad SMARTS) is 1. The summed E-state index contributed by atoms with van der Waals surface area (Å²) >= 11 is 1.00. The first-order chi connectivity index (χ1) is 9.85. The number of carbonyl (C=O) groups is 2. The standard InChI is InChI=1S/C11H14N2O6S2/c1-12-21(17,18)7-4-9(20-6-7)10(14)13-2-3-19-8(5-13)11(15)16/h4,6,8,12H,2-3,5H2,1H3,(H,15,16)/t8-/m1/s1. The number of sulfonamides is 1.